The zero-order valence-corrected chi connectivity index (χ0v) is 25.1. The van der Waals surface area contributed by atoms with E-state index < -0.39 is 0 Å². The van der Waals surface area contributed by atoms with Gasteiger partial charge in [-0.15, -0.1) is 0 Å². The van der Waals surface area contributed by atoms with Crippen molar-refractivity contribution in [3.05, 3.63) is 84.3 Å². The van der Waals surface area contributed by atoms with Crippen molar-refractivity contribution in [3.63, 3.8) is 0 Å². The van der Waals surface area contributed by atoms with Crippen LogP contribution in [0.5, 0.6) is 11.5 Å². The Morgan fingerprint density at radius 1 is 0.956 bits per heavy atom. The summed E-state index contributed by atoms with van der Waals surface area (Å²) in [6, 6.07) is 8.75. The molecule has 45 heavy (non-hydrogen) atoms. The van der Waals surface area contributed by atoms with Crippen molar-refractivity contribution in [1.29, 1.82) is 0 Å². The minimum atomic E-state index is -0.381. The number of imidazole rings is 1. The van der Waals surface area contributed by atoms with Crippen LogP contribution in [0, 0.1) is 5.82 Å². The van der Waals surface area contributed by atoms with E-state index in [1.807, 2.05) is 49.3 Å². The molecule has 0 aliphatic carbocycles. The number of benzene rings is 1. The van der Waals surface area contributed by atoms with Crippen molar-refractivity contribution in [2.75, 3.05) is 45.7 Å². The minimum absolute atomic E-state index is 0.176. The third kappa shape index (κ3) is 6.28. The Morgan fingerprint density at radius 2 is 1.80 bits per heavy atom. The Labute approximate surface area is 259 Å². The largest absolute Gasteiger partial charge is 0.492 e. The minimum Gasteiger partial charge on any atom is -0.492 e. The molecule has 4 aromatic heterocycles. The highest BCUT2D eigenvalue weighted by atomic mass is 19.1. The Balaban J connectivity index is 1.19. The highest BCUT2D eigenvalue weighted by Gasteiger charge is 2.22. The average Bonchev–Trinajstić information content (AvgIpc) is 3.60. The molecular formula is C33H34FN9O2. The number of ether oxygens (including phenoxy) is 2. The van der Waals surface area contributed by atoms with Crippen LogP contribution in [0.4, 0.5) is 10.2 Å². The summed E-state index contributed by atoms with van der Waals surface area (Å²) < 4.78 is 26.8. The Morgan fingerprint density at radius 3 is 2.67 bits per heavy atom. The first-order chi connectivity index (χ1) is 22.0. The number of nitrogens with one attached hydrogen (secondary N) is 4. The van der Waals surface area contributed by atoms with Crippen LogP contribution in [-0.2, 0) is 0 Å². The lowest BCUT2D eigenvalue weighted by Gasteiger charge is -2.23. The van der Waals surface area contributed by atoms with Crippen molar-refractivity contribution in [2.45, 2.75) is 18.9 Å². The van der Waals surface area contributed by atoms with Crippen LogP contribution in [0.25, 0.3) is 39.3 Å². The highest BCUT2D eigenvalue weighted by molar-refractivity contribution is 5.93. The van der Waals surface area contributed by atoms with Gasteiger partial charge < -0.3 is 30.0 Å². The lowest BCUT2D eigenvalue weighted by molar-refractivity contribution is 0.162. The number of halogens is 1. The van der Waals surface area contributed by atoms with Crippen molar-refractivity contribution >= 4 is 22.4 Å². The molecule has 0 saturated carbocycles. The molecule has 0 bridgehead atoms. The van der Waals surface area contributed by atoms with E-state index >= 15 is 0 Å². The predicted octanol–water partition coefficient (Wildman–Crippen LogP) is 4.99. The van der Waals surface area contributed by atoms with Crippen molar-refractivity contribution in [3.8, 4) is 34.1 Å². The standard InChI is InChI=1S/C33H34FN9O2/c1-43(2)10-11-44-25-13-20(12-23(34)16-25)27-4-3-7-37-32-29(27)39-33(40-32)30-28-15-22(18-38-31(28)42-41-30)21-14-26(19-36-17-21)45-24-5-8-35-9-6-24/h3-4,7,12-19,24,35,37H,5-6,8-11H2,1-2H3,(H,39,40)(H,38,41,42). The van der Waals surface area contributed by atoms with E-state index in [2.05, 4.69) is 35.8 Å². The third-order valence-corrected chi connectivity index (χ3v) is 7.82. The van der Waals surface area contributed by atoms with E-state index in [0.717, 1.165) is 60.3 Å². The van der Waals surface area contributed by atoms with Gasteiger partial charge in [-0.3, -0.25) is 10.1 Å². The van der Waals surface area contributed by atoms with E-state index in [0.29, 0.717) is 46.6 Å². The van der Waals surface area contributed by atoms with Gasteiger partial charge in [-0.25, -0.2) is 14.4 Å². The van der Waals surface area contributed by atoms with Crippen LogP contribution in [0.15, 0.2) is 67.3 Å². The fraction of sp³-hybridized carbons (Fsp3) is 0.273. The fourth-order valence-electron chi connectivity index (χ4n) is 5.52. The van der Waals surface area contributed by atoms with Crippen LogP contribution in [0.3, 0.4) is 0 Å². The van der Waals surface area contributed by atoms with Gasteiger partial charge in [-0.05, 0) is 75.9 Å². The number of likely N-dealkylation sites (N-methyl/N-ethyl adjacent to an activating group) is 1. The third-order valence-electron chi connectivity index (χ3n) is 7.82. The lowest BCUT2D eigenvalue weighted by atomic mass is 10.0. The summed E-state index contributed by atoms with van der Waals surface area (Å²) in [5.74, 6) is 1.99. The van der Waals surface area contributed by atoms with E-state index in [-0.39, 0.29) is 11.9 Å². The molecule has 11 nitrogen and oxygen atoms in total. The maximum Gasteiger partial charge on any atom is 0.181 e. The van der Waals surface area contributed by atoms with Crippen LogP contribution >= 0.6 is 0 Å². The second kappa shape index (κ2) is 12.5. The predicted molar refractivity (Wildman–Crippen MR) is 172 cm³/mol. The molecular weight excluding hydrogens is 573 g/mol. The van der Waals surface area contributed by atoms with Gasteiger partial charge in [-0.1, -0.05) is 6.08 Å². The first-order valence-electron chi connectivity index (χ1n) is 15.0. The lowest BCUT2D eigenvalue weighted by Crippen LogP contribution is -2.34. The maximum absolute atomic E-state index is 14.8. The van der Waals surface area contributed by atoms with Crippen LogP contribution < -0.4 is 20.1 Å². The zero-order valence-electron chi connectivity index (χ0n) is 25.1. The first kappa shape index (κ1) is 28.7. The normalized spacial score (nSPS) is 15.1. The summed E-state index contributed by atoms with van der Waals surface area (Å²) in [6.45, 7) is 3.08. The monoisotopic (exact) mass is 607 g/mol. The molecule has 0 spiro atoms. The highest BCUT2D eigenvalue weighted by Crippen LogP contribution is 2.36. The van der Waals surface area contributed by atoms with Crippen LogP contribution in [-0.4, -0.2) is 81.5 Å². The summed E-state index contributed by atoms with van der Waals surface area (Å²) in [5.41, 5.74) is 5.15. The SMILES string of the molecule is CN(C)CCOc1cc(F)cc(C2=CC=CNc3nc(-c4[nH]nc5ncc(-c6cncc(OC7CCNCC7)c6)cc45)[nH]c32)c1. The molecule has 2 aliphatic heterocycles. The van der Waals surface area contributed by atoms with Gasteiger partial charge >= 0.3 is 0 Å². The molecule has 0 amide bonds. The van der Waals surface area contributed by atoms with Gasteiger partial charge in [0.1, 0.15) is 35.7 Å². The Kier molecular flexibility index (Phi) is 7.97. The average molecular weight is 608 g/mol. The molecule has 1 fully saturated rings. The first-order valence-corrected chi connectivity index (χ1v) is 15.0. The molecule has 0 atom stereocenters. The number of H-pyrrole nitrogens is 2. The molecule has 1 saturated heterocycles. The zero-order chi connectivity index (χ0) is 30.8. The summed E-state index contributed by atoms with van der Waals surface area (Å²) in [5, 5.41) is 14.9. The molecule has 230 valence electrons. The number of aromatic amines is 2. The maximum atomic E-state index is 14.8. The second-order valence-electron chi connectivity index (χ2n) is 11.4. The van der Waals surface area contributed by atoms with Crippen LogP contribution in [0.2, 0.25) is 0 Å². The van der Waals surface area contributed by atoms with Gasteiger partial charge in [0.05, 0.1) is 17.3 Å². The molecule has 5 aromatic rings. The molecule has 2 aliphatic rings. The molecule has 12 heteroatoms. The second-order valence-corrected chi connectivity index (χ2v) is 11.4. The summed E-state index contributed by atoms with van der Waals surface area (Å²) in [7, 11) is 3.93. The number of fused-ring (bicyclic) bond motifs is 2. The van der Waals surface area contributed by atoms with Crippen molar-refractivity contribution in [1.82, 2.24) is 40.3 Å². The van der Waals surface area contributed by atoms with Crippen molar-refractivity contribution < 1.29 is 13.9 Å². The van der Waals surface area contributed by atoms with Gasteiger partial charge in [0.2, 0.25) is 0 Å². The van der Waals surface area contributed by atoms with Crippen molar-refractivity contribution in [2.24, 2.45) is 0 Å². The van der Waals surface area contributed by atoms with E-state index in [4.69, 9.17) is 14.5 Å². The number of piperidine rings is 1. The van der Waals surface area contributed by atoms with Gasteiger partial charge in [0.25, 0.3) is 0 Å². The Bertz CT molecular complexity index is 1890. The number of hydrogen-bond acceptors (Lipinski definition) is 9. The number of pyridine rings is 2. The molecule has 0 radical (unpaired) electrons. The molecule has 7 rings (SSSR count). The molecule has 1 aromatic carbocycles. The van der Waals surface area contributed by atoms with E-state index in [1.165, 1.54) is 12.1 Å². The fourth-order valence-corrected chi connectivity index (χ4v) is 5.52. The molecule has 4 N–H and O–H groups in total. The number of nitrogens with zero attached hydrogens (tertiary/aromatic N) is 5. The Hall–Kier alpha value is -5.07. The summed E-state index contributed by atoms with van der Waals surface area (Å²) in [4.78, 5) is 19.3. The van der Waals surface area contributed by atoms with Gasteiger partial charge in [-0.2, -0.15) is 5.10 Å². The number of anilines is 1. The summed E-state index contributed by atoms with van der Waals surface area (Å²) in [6.07, 6.45) is 13.0. The number of aromatic nitrogens is 6. The topological polar surface area (TPSA) is 129 Å². The molecule has 0 unspecified atom stereocenters. The smallest absolute Gasteiger partial charge is 0.181 e. The quantitative estimate of drug-likeness (QED) is 0.183. The summed E-state index contributed by atoms with van der Waals surface area (Å²) >= 11 is 0. The number of hydrogen-bond donors (Lipinski definition) is 4. The van der Waals surface area contributed by atoms with Gasteiger partial charge in [0, 0.05) is 47.9 Å². The number of rotatable bonds is 9. The van der Waals surface area contributed by atoms with E-state index in [1.54, 1.807) is 24.8 Å². The number of allylic oxidation sites excluding steroid dienone is 2. The van der Waals surface area contributed by atoms with Gasteiger partial charge in [0.15, 0.2) is 17.3 Å². The van der Waals surface area contributed by atoms with Crippen LogP contribution in [0.1, 0.15) is 24.1 Å². The van der Waals surface area contributed by atoms with E-state index in [9.17, 15) is 4.39 Å². The molecule has 6 heterocycles.